The maximum Gasteiger partial charge on any atom is 0.108 e. The summed E-state index contributed by atoms with van der Waals surface area (Å²) in [7, 11) is 0. The van der Waals surface area contributed by atoms with Crippen LogP contribution in [0.5, 0.6) is 0 Å². The maximum absolute atomic E-state index is 9.45. The van der Waals surface area contributed by atoms with Crippen LogP contribution in [0, 0.1) is 5.41 Å². The summed E-state index contributed by atoms with van der Waals surface area (Å²) in [6, 6.07) is 0. The molecule has 1 aliphatic rings. The van der Waals surface area contributed by atoms with Crippen molar-refractivity contribution in [2.45, 2.75) is 45.5 Å². The summed E-state index contributed by atoms with van der Waals surface area (Å²) in [6.07, 6.45) is -0.813. The van der Waals surface area contributed by atoms with E-state index in [-0.39, 0.29) is 18.1 Å². The summed E-state index contributed by atoms with van der Waals surface area (Å²) in [5.74, 6) is 0. The highest BCUT2D eigenvalue weighted by Crippen LogP contribution is 2.27. The minimum Gasteiger partial charge on any atom is -0.388 e. The van der Waals surface area contributed by atoms with Crippen LogP contribution >= 0.6 is 0 Å². The van der Waals surface area contributed by atoms with Crippen LogP contribution in [-0.2, 0) is 4.74 Å². The second kappa shape index (κ2) is 3.32. The van der Waals surface area contributed by atoms with E-state index >= 15 is 0 Å². The van der Waals surface area contributed by atoms with E-state index in [9.17, 15) is 10.2 Å². The highest BCUT2D eigenvalue weighted by Gasteiger charge is 2.36. The number of aliphatic hydroxyl groups is 2. The molecule has 0 amide bonds. The maximum atomic E-state index is 9.45. The van der Waals surface area contributed by atoms with E-state index < -0.39 is 12.2 Å². The second-order valence-corrected chi connectivity index (χ2v) is 4.69. The number of ether oxygens (including phenoxy) is 1. The molecule has 1 saturated heterocycles. The summed E-state index contributed by atoms with van der Waals surface area (Å²) >= 11 is 0. The quantitative estimate of drug-likeness (QED) is 0.610. The molecule has 0 bridgehead atoms. The molecule has 72 valence electrons. The Labute approximate surface area is 73.4 Å². The van der Waals surface area contributed by atoms with Gasteiger partial charge in [-0.05, 0) is 11.8 Å². The molecule has 3 atom stereocenters. The van der Waals surface area contributed by atoms with Gasteiger partial charge in [0.25, 0.3) is 0 Å². The molecule has 1 fully saturated rings. The normalized spacial score (nSPS) is 37.2. The Hall–Kier alpha value is -0.120. The third-order valence-corrected chi connectivity index (χ3v) is 2.07. The first-order chi connectivity index (χ1) is 5.40. The van der Waals surface area contributed by atoms with E-state index in [1.165, 1.54) is 0 Å². The van der Waals surface area contributed by atoms with Gasteiger partial charge in [0.15, 0.2) is 0 Å². The largest absolute Gasteiger partial charge is 0.388 e. The van der Waals surface area contributed by atoms with E-state index in [2.05, 4.69) is 20.8 Å². The first-order valence-corrected chi connectivity index (χ1v) is 4.38. The van der Waals surface area contributed by atoms with Gasteiger partial charge in [-0.1, -0.05) is 20.8 Å². The minimum absolute atomic E-state index is 0.135. The minimum atomic E-state index is -0.704. The number of hydrogen-bond donors (Lipinski definition) is 2. The van der Waals surface area contributed by atoms with Gasteiger partial charge in [0.05, 0.1) is 12.7 Å². The van der Waals surface area contributed by atoms with Crippen molar-refractivity contribution >= 4 is 0 Å². The monoisotopic (exact) mass is 174 g/mol. The lowest BCUT2D eigenvalue weighted by Gasteiger charge is -2.24. The summed E-state index contributed by atoms with van der Waals surface area (Å²) in [5, 5.41) is 18.6. The van der Waals surface area contributed by atoms with E-state index in [0.29, 0.717) is 0 Å². The Morgan fingerprint density at radius 3 is 2.25 bits per heavy atom. The first kappa shape index (κ1) is 9.96. The Kier molecular flexibility index (Phi) is 2.76. The van der Waals surface area contributed by atoms with E-state index in [4.69, 9.17) is 4.74 Å². The molecule has 0 unspecified atom stereocenters. The summed E-state index contributed by atoms with van der Waals surface area (Å²) in [6.45, 7) is 6.54. The van der Waals surface area contributed by atoms with Crippen molar-refractivity contribution in [3.8, 4) is 0 Å². The lowest BCUT2D eigenvalue weighted by Crippen LogP contribution is -2.32. The molecular formula is C9H18O3. The highest BCUT2D eigenvalue weighted by atomic mass is 16.5. The average molecular weight is 174 g/mol. The molecule has 3 heteroatoms. The fourth-order valence-corrected chi connectivity index (χ4v) is 1.45. The highest BCUT2D eigenvalue weighted by molar-refractivity contribution is 4.85. The molecule has 0 aromatic carbocycles. The Balaban J connectivity index is 2.44. The molecule has 3 nitrogen and oxygen atoms in total. The van der Waals surface area contributed by atoms with Crippen LogP contribution in [0.4, 0.5) is 0 Å². The Morgan fingerprint density at radius 2 is 1.92 bits per heavy atom. The van der Waals surface area contributed by atoms with Gasteiger partial charge in [-0.15, -0.1) is 0 Å². The molecule has 0 aliphatic carbocycles. The van der Waals surface area contributed by atoms with Gasteiger partial charge in [0, 0.05) is 0 Å². The summed E-state index contributed by atoms with van der Waals surface area (Å²) in [4.78, 5) is 0. The predicted molar refractivity (Wildman–Crippen MR) is 45.8 cm³/mol. The fourth-order valence-electron chi connectivity index (χ4n) is 1.45. The lowest BCUT2D eigenvalue weighted by atomic mass is 9.87. The molecule has 0 aromatic heterocycles. The molecule has 12 heavy (non-hydrogen) atoms. The van der Waals surface area contributed by atoms with Crippen LogP contribution in [0.1, 0.15) is 27.2 Å². The van der Waals surface area contributed by atoms with Gasteiger partial charge in [-0.2, -0.15) is 0 Å². The summed E-state index contributed by atoms with van der Waals surface area (Å²) in [5.41, 5.74) is 0.135. The van der Waals surface area contributed by atoms with Crippen LogP contribution in [-0.4, -0.2) is 35.1 Å². The van der Waals surface area contributed by atoms with Crippen molar-refractivity contribution < 1.29 is 14.9 Å². The molecule has 1 rings (SSSR count). The zero-order chi connectivity index (χ0) is 9.35. The van der Waals surface area contributed by atoms with Gasteiger partial charge in [-0.3, -0.25) is 0 Å². The smallest absolute Gasteiger partial charge is 0.108 e. The molecule has 0 radical (unpaired) electrons. The SMILES string of the molecule is CC(C)(C)C[C@@H]1OC[C@@H](O)[C@@H]1O. The van der Waals surface area contributed by atoms with Gasteiger partial charge >= 0.3 is 0 Å². The lowest BCUT2D eigenvalue weighted by molar-refractivity contribution is 0.00371. The van der Waals surface area contributed by atoms with Gasteiger partial charge in [-0.25, -0.2) is 0 Å². The van der Waals surface area contributed by atoms with Crippen LogP contribution in [0.25, 0.3) is 0 Å². The zero-order valence-corrected chi connectivity index (χ0v) is 7.95. The van der Waals surface area contributed by atoms with Gasteiger partial charge < -0.3 is 14.9 Å². The average Bonchev–Trinajstić information content (AvgIpc) is 2.16. The van der Waals surface area contributed by atoms with Crippen molar-refractivity contribution in [1.29, 1.82) is 0 Å². The predicted octanol–water partition coefficient (Wildman–Crippen LogP) is 0.543. The van der Waals surface area contributed by atoms with Crippen molar-refractivity contribution in [2.75, 3.05) is 6.61 Å². The number of rotatable bonds is 1. The second-order valence-electron chi connectivity index (χ2n) is 4.69. The zero-order valence-electron chi connectivity index (χ0n) is 7.95. The molecular weight excluding hydrogens is 156 g/mol. The standard InChI is InChI=1S/C9H18O3/c1-9(2,3)4-7-8(11)6(10)5-12-7/h6-8,10-11H,4-5H2,1-3H3/t6-,7+,8+/m1/s1. The molecule has 0 saturated carbocycles. The summed E-state index contributed by atoms with van der Waals surface area (Å²) < 4.78 is 5.25. The Bertz CT molecular complexity index is 150. The van der Waals surface area contributed by atoms with Crippen molar-refractivity contribution in [2.24, 2.45) is 5.41 Å². The van der Waals surface area contributed by atoms with Crippen LogP contribution in [0.2, 0.25) is 0 Å². The van der Waals surface area contributed by atoms with Crippen molar-refractivity contribution in [1.82, 2.24) is 0 Å². The Morgan fingerprint density at radius 1 is 1.33 bits per heavy atom. The third kappa shape index (κ3) is 2.44. The van der Waals surface area contributed by atoms with Crippen molar-refractivity contribution in [3.63, 3.8) is 0 Å². The van der Waals surface area contributed by atoms with Crippen molar-refractivity contribution in [3.05, 3.63) is 0 Å². The topological polar surface area (TPSA) is 49.7 Å². The van der Waals surface area contributed by atoms with Crippen LogP contribution in [0.3, 0.4) is 0 Å². The molecule has 0 aromatic rings. The third-order valence-electron chi connectivity index (χ3n) is 2.07. The van der Waals surface area contributed by atoms with Gasteiger partial charge in [0.1, 0.15) is 12.2 Å². The van der Waals surface area contributed by atoms with Crippen LogP contribution in [0.15, 0.2) is 0 Å². The molecule has 0 spiro atoms. The molecule has 2 N–H and O–H groups in total. The number of hydrogen-bond acceptors (Lipinski definition) is 3. The fraction of sp³-hybridized carbons (Fsp3) is 1.00. The molecule has 1 aliphatic heterocycles. The van der Waals surface area contributed by atoms with E-state index in [1.54, 1.807) is 0 Å². The first-order valence-electron chi connectivity index (χ1n) is 4.38. The van der Waals surface area contributed by atoms with E-state index in [1.807, 2.05) is 0 Å². The molecule has 1 heterocycles. The van der Waals surface area contributed by atoms with Crippen LogP contribution < -0.4 is 0 Å². The van der Waals surface area contributed by atoms with E-state index in [0.717, 1.165) is 6.42 Å². The van der Waals surface area contributed by atoms with Gasteiger partial charge in [0.2, 0.25) is 0 Å². The number of aliphatic hydroxyl groups excluding tert-OH is 2.